The first kappa shape index (κ1) is 15.7. The van der Waals surface area contributed by atoms with E-state index in [1.54, 1.807) is 12.1 Å². The van der Waals surface area contributed by atoms with E-state index < -0.39 is 12.0 Å². The molecule has 0 saturated carbocycles. The number of nitrogens with one attached hydrogen (secondary N) is 1. The van der Waals surface area contributed by atoms with Gasteiger partial charge in [-0.05, 0) is 24.6 Å². The van der Waals surface area contributed by atoms with Gasteiger partial charge in [0, 0.05) is 24.4 Å². The van der Waals surface area contributed by atoms with Gasteiger partial charge < -0.3 is 10.1 Å². The minimum atomic E-state index is -0.728. The van der Waals surface area contributed by atoms with Crippen molar-refractivity contribution in [3.05, 3.63) is 65.5 Å². The van der Waals surface area contributed by atoms with Gasteiger partial charge in [-0.1, -0.05) is 29.8 Å². The Bertz CT molecular complexity index is 639. The zero-order valence-corrected chi connectivity index (χ0v) is 12.6. The van der Waals surface area contributed by atoms with Gasteiger partial charge in [-0.3, -0.25) is 9.78 Å². The Morgan fingerprint density at radius 2 is 1.77 bits per heavy atom. The quantitative estimate of drug-likeness (QED) is 0.856. The Hall–Kier alpha value is -2.69. The van der Waals surface area contributed by atoms with Crippen molar-refractivity contribution in [3.63, 3.8) is 0 Å². The molecular formula is C17H18N2O3. The monoisotopic (exact) mass is 298 g/mol. The van der Waals surface area contributed by atoms with E-state index in [9.17, 15) is 9.59 Å². The lowest BCUT2D eigenvalue weighted by Crippen LogP contribution is -2.43. The molecule has 0 unspecified atom stereocenters. The van der Waals surface area contributed by atoms with Crippen molar-refractivity contribution < 1.29 is 14.3 Å². The molecule has 0 radical (unpaired) electrons. The Morgan fingerprint density at radius 1 is 1.14 bits per heavy atom. The number of aromatic nitrogens is 1. The van der Waals surface area contributed by atoms with Crippen LogP contribution in [0.3, 0.4) is 0 Å². The van der Waals surface area contributed by atoms with Gasteiger partial charge in [0.1, 0.15) is 6.04 Å². The molecule has 0 aliphatic rings. The molecule has 1 heterocycles. The highest BCUT2D eigenvalue weighted by Gasteiger charge is 2.22. The summed E-state index contributed by atoms with van der Waals surface area (Å²) in [6.07, 6.45) is 3.44. The van der Waals surface area contributed by atoms with Crippen molar-refractivity contribution in [2.24, 2.45) is 0 Å². The van der Waals surface area contributed by atoms with Crippen molar-refractivity contribution in [2.45, 2.75) is 19.4 Å². The summed E-state index contributed by atoms with van der Waals surface area (Å²) in [5.74, 6) is -0.798. The van der Waals surface area contributed by atoms with E-state index in [1.807, 2.05) is 31.2 Å². The summed E-state index contributed by atoms with van der Waals surface area (Å²) in [5.41, 5.74) is 2.54. The lowest BCUT2D eigenvalue weighted by Gasteiger charge is -2.16. The molecule has 0 spiro atoms. The minimum Gasteiger partial charge on any atom is -0.467 e. The van der Waals surface area contributed by atoms with Crippen molar-refractivity contribution in [2.75, 3.05) is 7.11 Å². The van der Waals surface area contributed by atoms with Crippen LogP contribution < -0.4 is 5.32 Å². The van der Waals surface area contributed by atoms with Crippen LogP contribution >= 0.6 is 0 Å². The average Bonchev–Trinajstić information content (AvgIpc) is 2.56. The maximum absolute atomic E-state index is 12.2. The number of rotatable bonds is 5. The maximum Gasteiger partial charge on any atom is 0.328 e. The third-order valence-electron chi connectivity index (χ3n) is 3.29. The van der Waals surface area contributed by atoms with Crippen LogP contribution in [0.1, 0.15) is 21.5 Å². The molecule has 2 rings (SSSR count). The molecule has 0 saturated heterocycles. The predicted octanol–water partition coefficient (Wildman–Crippen LogP) is 1.90. The molecule has 5 nitrogen and oxygen atoms in total. The minimum absolute atomic E-state index is 0.329. The third kappa shape index (κ3) is 4.15. The standard InChI is InChI=1S/C17H18N2O3/c1-12-3-5-13(6-4-12)11-15(17(21)22-2)19-16(20)14-7-9-18-10-8-14/h3-10,15H,11H2,1-2H3,(H,19,20)/t15-/m1/s1. The molecule has 1 N–H and O–H groups in total. The number of esters is 1. The second-order valence-electron chi connectivity index (χ2n) is 4.97. The van der Waals surface area contributed by atoms with Crippen molar-refractivity contribution >= 4 is 11.9 Å². The summed E-state index contributed by atoms with van der Waals surface area (Å²) >= 11 is 0. The molecule has 114 valence electrons. The molecule has 1 atom stereocenters. The topological polar surface area (TPSA) is 68.3 Å². The highest BCUT2D eigenvalue weighted by molar-refractivity contribution is 5.96. The number of aryl methyl sites for hydroxylation is 1. The third-order valence-corrected chi connectivity index (χ3v) is 3.29. The SMILES string of the molecule is COC(=O)[C@@H](Cc1ccc(C)cc1)NC(=O)c1ccncc1. The lowest BCUT2D eigenvalue weighted by atomic mass is 10.0. The van der Waals surface area contributed by atoms with Crippen LogP contribution in [0.2, 0.25) is 0 Å². The smallest absolute Gasteiger partial charge is 0.328 e. The van der Waals surface area contributed by atoms with E-state index in [0.717, 1.165) is 11.1 Å². The van der Waals surface area contributed by atoms with Gasteiger partial charge >= 0.3 is 5.97 Å². The number of methoxy groups -OCH3 is 1. The van der Waals surface area contributed by atoms with Gasteiger partial charge in [0.2, 0.25) is 0 Å². The van der Waals surface area contributed by atoms with Crippen LogP contribution in [-0.2, 0) is 16.0 Å². The van der Waals surface area contributed by atoms with E-state index in [1.165, 1.54) is 19.5 Å². The first-order valence-corrected chi connectivity index (χ1v) is 6.94. The summed E-state index contributed by atoms with van der Waals surface area (Å²) in [6, 6.07) is 10.3. The van der Waals surface area contributed by atoms with E-state index in [4.69, 9.17) is 4.74 Å². The molecule has 1 aromatic heterocycles. The number of benzene rings is 1. The number of hydrogen-bond acceptors (Lipinski definition) is 4. The molecule has 22 heavy (non-hydrogen) atoms. The number of amides is 1. The molecule has 0 aliphatic heterocycles. The molecule has 5 heteroatoms. The number of pyridine rings is 1. The molecule has 1 amide bonds. The van der Waals surface area contributed by atoms with E-state index in [-0.39, 0.29) is 5.91 Å². The highest BCUT2D eigenvalue weighted by atomic mass is 16.5. The fraction of sp³-hybridized carbons (Fsp3) is 0.235. The molecular weight excluding hydrogens is 280 g/mol. The first-order chi connectivity index (χ1) is 10.6. The molecule has 2 aromatic rings. The van der Waals surface area contributed by atoms with Crippen LogP contribution in [0.4, 0.5) is 0 Å². The van der Waals surface area contributed by atoms with Crippen molar-refractivity contribution in [3.8, 4) is 0 Å². The first-order valence-electron chi connectivity index (χ1n) is 6.94. The number of carbonyl (C=O) groups is 2. The average molecular weight is 298 g/mol. The largest absolute Gasteiger partial charge is 0.467 e. The van der Waals surface area contributed by atoms with Crippen LogP contribution in [0.15, 0.2) is 48.8 Å². The fourth-order valence-electron chi connectivity index (χ4n) is 2.04. The number of carbonyl (C=O) groups excluding carboxylic acids is 2. The molecule has 0 bridgehead atoms. The Labute approximate surface area is 129 Å². The summed E-state index contributed by atoms with van der Waals surface area (Å²) < 4.78 is 4.78. The van der Waals surface area contributed by atoms with E-state index in [2.05, 4.69) is 10.3 Å². The number of nitrogens with zero attached hydrogens (tertiary/aromatic N) is 1. The zero-order chi connectivity index (χ0) is 15.9. The molecule has 0 aliphatic carbocycles. The van der Waals surface area contributed by atoms with Gasteiger partial charge in [0.15, 0.2) is 0 Å². The Morgan fingerprint density at radius 3 is 2.36 bits per heavy atom. The van der Waals surface area contributed by atoms with Gasteiger partial charge in [-0.2, -0.15) is 0 Å². The van der Waals surface area contributed by atoms with Crippen LogP contribution in [0.5, 0.6) is 0 Å². The molecule has 0 fully saturated rings. The fourth-order valence-corrected chi connectivity index (χ4v) is 2.04. The second-order valence-corrected chi connectivity index (χ2v) is 4.97. The predicted molar refractivity (Wildman–Crippen MR) is 82.4 cm³/mol. The van der Waals surface area contributed by atoms with Crippen molar-refractivity contribution in [1.29, 1.82) is 0 Å². The summed E-state index contributed by atoms with van der Waals surface area (Å²) in [7, 11) is 1.31. The second kappa shape index (κ2) is 7.36. The Balaban J connectivity index is 2.11. The zero-order valence-electron chi connectivity index (χ0n) is 12.6. The number of ether oxygens (including phenoxy) is 1. The molecule has 1 aromatic carbocycles. The normalized spacial score (nSPS) is 11.5. The van der Waals surface area contributed by atoms with Gasteiger partial charge in [-0.25, -0.2) is 4.79 Å². The van der Waals surface area contributed by atoms with Crippen LogP contribution in [0, 0.1) is 6.92 Å². The maximum atomic E-state index is 12.2. The summed E-state index contributed by atoms with van der Waals surface area (Å²) in [5, 5.41) is 2.71. The van der Waals surface area contributed by atoms with Gasteiger partial charge in [0.05, 0.1) is 7.11 Å². The lowest BCUT2D eigenvalue weighted by molar-refractivity contribution is -0.142. The highest BCUT2D eigenvalue weighted by Crippen LogP contribution is 2.08. The Kier molecular flexibility index (Phi) is 5.25. The number of hydrogen-bond donors (Lipinski definition) is 1. The van der Waals surface area contributed by atoms with Gasteiger partial charge in [-0.15, -0.1) is 0 Å². The van der Waals surface area contributed by atoms with Gasteiger partial charge in [0.25, 0.3) is 5.91 Å². The summed E-state index contributed by atoms with van der Waals surface area (Å²) in [4.78, 5) is 27.9. The van der Waals surface area contributed by atoms with E-state index in [0.29, 0.717) is 12.0 Å². The van der Waals surface area contributed by atoms with Crippen LogP contribution in [-0.4, -0.2) is 30.0 Å². The summed E-state index contributed by atoms with van der Waals surface area (Å²) in [6.45, 7) is 1.99. The van der Waals surface area contributed by atoms with Crippen LogP contribution in [0.25, 0.3) is 0 Å². The van der Waals surface area contributed by atoms with E-state index >= 15 is 0 Å². The van der Waals surface area contributed by atoms with Crippen molar-refractivity contribution in [1.82, 2.24) is 10.3 Å².